The van der Waals surface area contributed by atoms with Crippen LogP contribution in [0.25, 0.3) is 6.08 Å². The smallest absolute Gasteiger partial charge is 0.328 e. The molecule has 20 heavy (non-hydrogen) atoms. The van der Waals surface area contributed by atoms with Crippen molar-refractivity contribution in [3.8, 4) is 0 Å². The fourth-order valence-corrected chi connectivity index (χ4v) is 1.50. The van der Waals surface area contributed by atoms with Crippen LogP contribution in [0.4, 0.5) is 5.82 Å². The maximum Gasteiger partial charge on any atom is 0.328 e. The number of anilines is 1. The van der Waals surface area contributed by atoms with E-state index in [0.717, 1.165) is 6.08 Å². The maximum atomic E-state index is 12.0. The number of nitrogens with zero attached hydrogens (tertiary/aromatic N) is 2. The van der Waals surface area contributed by atoms with Crippen LogP contribution in [-0.4, -0.2) is 27.0 Å². The first kappa shape index (κ1) is 13.4. The Labute approximate surface area is 114 Å². The monoisotopic (exact) mass is 269 g/mol. The van der Waals surface area contributed by atoms with Gasteiger partial charge in [-0.05, 0) is 23.8 Å². The van der Waals surface area contributed by atoms with E-state index in [2.05, 4.69) is 15.3 Å². The van der Waals surface area contributed by atoms with E-state index in [1.54, 1.807) is 24.3 Å². The van der Waals surface area contributed by atoms with Gasteiger partial charge in [0.15, 0.2) is 5.82 Å². The molecule has 2 N–H and O–H groups in total. The van der Waals surface area contributed by atoms with Gasteiger partial charge in [-0.1, -0.05) is 12.1 Å². The minimum atomic E-state index is -1.04. The summed E-state index contributed by atoms with van der Waals surface area (Å²) in [6.45, 7) is 0. The molecule has 0 unspecified atom stereocenters. The fourth-order valence-electron chi connectivity index (χ4n) is 1.50. The molecule has 2 rings (SSSR count). The van der Waals surface area contributed by atoms with Crippen molar-refractivity contribution in [1.82, 2.24) is 9.97 Å². The van der Waals surface area contributed by atoms with Gasteiger partial charge in [-0.25, -0.2) is 9.78 Å². The van der Waals surface area contributed by atoms with Crippen LogP contribution in [0.15, 0.2) is 48.9 Å². The number of carbonyl (C=O) groups excluding carboxylic acids is 1. The van der Waals surface area contributed by atoms with Crippen molar-refractivity contribution in [1.29, 1.82) is 0 Å². The second-order valence-electron chi connectivity index (χ2n) is 3.84. The van der Waals surface area contributed by atoms with Crippen LogP contribution in [-0.2, 0) is 4.79 Å². The van der Waals surface area contributed by atoms with Crippen LogP contribution in [0.5, 0.6) is 0 Å². The Balaban J connectivity index is 2.14. The summed E-state index contributed by atoms with van der Waals surface area (Å²) in [5, 5.41) is 11.2. The number of carboxylic acids is 1. The number of amides is 1. The standard InChI is InChI=1S/C14H11N3O3/c18-13(19)5-4-10-2-1-3-11(8-10)14(20)17-12-9-15-6-7-16-12/h1-9H,(H,18,19)(H,16,17,20). The average Bonchev–Trinajstić information content (AvgIpc) is 2.46. The number of hydrogen-bond donors (Lipinski definition) is 2. The lowest BCUT2D eigenvalue weighted by molar-refractivity contribution is -0.131. The predicted molar refractivity (Wildman–Crippen MR) is 73.1 cm³/mol. The minimum absolute atomic E-state index is 0.337. The third-order valence-corrected chi connectivity index (χ3v) is 2.37. The lowest BCUT2D eigenvalue weighted by Crippen LogP contribution is -2.13. The molecule has 0 bridgehead atoms. The number of benzene rings is 1. The van der Waals surface area contributed by atoms with Crippen molar-refractivity contribution in [2.75, 3.05) is 5.32 Å². The first-order chi connectivity index (χ1) is 9.65. The fraction of sp³-hybridized carbons (Fsp3) is 0. The van der Waals surface area contributed by atoms with Crippen LogP contribution in [0.2, 0.25) is 0 Å². The molecule has 1 aromatic carbocycles. The van der Waals surface area contributed by atoms with Gasteiger partial charge in [0, 0.05) is 24.0 Å². The molecule has 0 saturated carbocycles. The van der Waals surface area contributed by atoms with E-state index in [4.69, 9.17) is 5.11 Å². The first-order valence-electron chi connectivity index (χ1n) is 5.73. The molecule has 0 spiro atoms. The number of rotatable bonds is 4. The third kappa shape index (κ3) is 3.74. The third-order valence-electron chi connectivity index (χ3n) is 2.37. The maximum absolute atomic E-state index is 12.0. The Morgan fingerprint density at radius 2 is 2.10 bits per heavy atom. The van der Waals surface area contributed by atoms with Crippen molar-refractivity contribution < 1.29 is 14.7 Å². The van der Waals surface area contributed by atoms with Gasteiger partial charge < -0.3 is 10.4 Å². The molecule has 2 aromatic rings. The molecule has 1 heterocycles. The molecule has 100 valence electrons. The van der Waals surface area contributed by atoms with Gasteiger partial charge in [-0.3, -0.25) is 9.78 Å². The normalized spacial score (nSPS) is 10.4. The SMILES string of the molecule is O=C(O)C=Cc1cccc(C(=O)Nc2cnccn2)c1. The predicted octanol–water partition coefficient (Wildman–Crippen LogP) is 1.83. The molecule has 1 aromatic heterocycles. The van der Waals surface area contributed by atoms with Gasteiger partial charge in [-0.2, -0.15) is 0 Å². The largest absolute Gasteiger partial charge is 0.478 e. The van der Waals surface area contributed by atoms with Crippen LogP contribution >= 0.6 is 0 Å². The molecular formula is C14H11N3O3. The van der Waals surface area contributed by atoms with Gasteiger partial charge in [0.25, 0.3) is 5.91 Å². The molecule has 0 aliphatic heterocycles. The number of aliphatic carboxylic acids is 1. The van der Waals surface area contributed by atoms with Crippen LogP contribution < -0.4 is 5.32 Å². The molecule has 0 atom stereocenters. The van der Waals surface area contributed by atoms with Crippen molar-refractivity contribution in [2.24, 2.45) is 0 Å². The van der Waals surface area contributed by atoms with Gasteiger partial charge >= 0.3 is 5.97 Å². The number of hydrogen-bond acceptors (Lipinski definition) is 4. The first-order valence-corrected chi connectivity index (χ1v) is 5.73. The second-order valence-corrected chi connectivity index (χ2v) is 3.84. The van der Waals surface area contributed by atoms with Crippen LogP contribution in [0, 0.1) is 0 Å². The summed E-state index contributed by atoms with van der Waals surface area (Å²) >= 11 is 0. The molecule has 0 saturated heterocycles. The molecular weight excluding hydrogens is 258 g/mol. The summed E-state index contributed by atoms with van der Waals surface area (Å²) < 4.78 is 0. The quantitative estimate of drug-likeness (QED) is 0.826. The number of carboxylic acid groups (broad SMARTS) is 1. The van der Waals surface area contributed by atoms with Crippen molar-refractivity contribution >= 4 is 23.8 Å². The molecule has 0 fully saturated rings. The summed E-state index contributed by atoms with van der Waals surface area (Å²) in [6.07, 6.45) is 6.85. The summed E-state index contributed by atoms with van der Waals surface area (Å²) in [5.41, 5.74) is 1.03. The molecule has 6 heteroatoms. The number of carbonyl (C=O) groups is 2. The highest BCUT2D eigenvalue weighted by atomic mass is 16.4. The average molecular weight is 269 g/mol. The number of nitrogens with one attached hydrogen (secondary N) is 1. The van der Waals surface area contributed by atoms with Crippen molar-refractivity contribution in [3.63, 3.8) is 0 Å². The molecule has 0 aliphatic rings. The van der Waals surface area contributed by atoms with E-state index in [1.165, 1.54) is 24.7 Å². The Bertz CT molecular complexity index is 654. The van der Waals surface area contributed by atoms with Crippen molar-refractivity contribution in [2.45, 2.75) is 0 Å². The number of aromatic nitrogens is 2. The Morgan fingerprint density at radius 1 is 1.25 bits per heavy atom. The van der Waals surface area contributed by atoms with E-state index in [9.17, 15) is 9.59 Å². The van der Waals surface area contributed by atoms with Gasteiger partial charge in [-0.15, -0.1) is 0 Å². The minimum Gasteiger partial charge on any atom is -0.478 e. The Hall–Kier alpha value is -3.02. The van der Waals surface area contributed by atoms with E-state index in [-0.39, 0.29) is 5.91 Å². The zero-order valence-electron chi connectivity index (χ0n) is 10.4. The van der Waals surface area contributed by atoms with Crippen LogP contribution in [0.3, 0.4) is 0 Å². The Morgan fingerprint density at radius 3 is 2.80 bits per heavy atom. The van der Waals surface area contributed by atoms with Gasteiger partial charge in [0.1, 0.15) is 0 Å². The van der Waals surface area contributed by atoms with E-state index in [0.29, 0.717) is 16.9 Å². The van der Waals surface area contributed by atoms with E-state index < -0.39 is 5.97 Å². The Kier molecular flexibility index (Phi) is 4.18. The molecule has 0 aliphatic carbocycles. The van der Waals surface area contributed by atoms with E-state index in [1.807, 2.05) is 0 Å². The summed E-state index contributed by atoms with van der Waals surface area (Å²) in [7, 11) is 0. The van der Waals surface area contributed by atoms with E-state index >= 15 is 0 Å². The zero-order valence-corrected chi connectivity index (χ0v) is 10.4. The van der Waals surface area contributed by atoms with Gasteiger partial charge in [0.05, 0.1) is 6.20 Å². The second kappa shape index (κ2) is 6.24. The van der Waals surface area contributed by atoms with Gasteiger partial charge in [0.2, 0.25) is 0 Å². The lowest BCUT2D eigenvalue weighted by Gasteiger charge is -2.04. The summed E-state index contributed by atoms with van der Waals surface area (Å²) in [4.78, 5) is 30.2. The molecule has 6 nitrogen and oxygen atoms in total. The van der Waals surface area contributed by atoms with Crippen LogP contribution in [0.1, 0.15) is 15.9 Å². The molecule has 1 amide bonds. The summed E-state index contributed by atoms with van der Waals surface area (Å²) in [6, 6.07) is 6.60. The highest BCUT2D eigenvalue weighted by molar-refractivity contribution is 6.04. The molecule has 0 radical (unpaired) electrons. The van der Waals surface area contributed by atoms with Crippen molar-refractivity contribution in [3.05, 3.63) is 60.1 Å². The topological polar surface area (TPSA) is 92.2 Å². The highest BCUT2D eigenvalue weighted by Gasteiger charge is 2.06. The zero-order chi connectivity index (χ0) is 14.4. The highest BCUT2D eigenvalue weighted by Crippen LogP contribution is 2.09. The summed E-state index contributed by atoms with van der Waals surface area (Å²) in [5.74, 6) is -1.03. The lowest BCUT2D eigenvalue weighted by atomic mass is 10.1.